The van der Waals surface area contributed by atoms with Crippen LogP contribution in [0.4, 0.5) is 5.82 Å². The largest absolute Gasteiger partial charge is 0.468 e. The number of likely N-dealkylation sites (N-methyl/N-ethyl adjacent to an activating group) is 1. The first kappa shape index (κ1) is 15.3. The number of nitrogens with one attached hydrogen (secondary N) is 1. The number of hydrogen-bond acceptors (Lipinski definition) is 5. The molecule has 0 aliphatic heterocycles. The molecule has 0 saturated heterocycles. The third-order valence-corrected chi connectivity index (χ3v) is 3.86. The summed E-state index contributed by atoms with van der Waals surface area (Å²) < 4.78 is 7.04. The lowest BCUT2D eigenvalue weighted by Crippen LogP contribution is -2.27. The molecule has 0 aromatic carbocycles. The average Bonchev–Trinajstić information content (AvgIpc) is 3.02. The number of hydrogen-bond donors (Lipinski definition) is 1. The summed E-state index contributed by atoms with van der Waals surface area (Å²) in [5.41, 5.74) is 1.53. The van der Waals surface area contributed by atoms with E-state index in [0.717, 1.165) is 11.3 Å². The Morgan fingerprint density at radius 1 is 1.35 bits per heavy atom. The Morgan fingerprint density at radius 2 is 2.17 bits per heavy atom. The minimum Gasteiger partial charge on any atom is -0.468 e. The topological polar surface area (TPSA) is 62.8 Å². The Bertz CT molecular complexity index is 853. The molecule has 3 aromatic heterocycles. The summed E-state index contributed by atoms with van der Waals surface area (Å²) in [6, 6.07) is 9.17. The van der Waals surface area contributed by atoms with Crippen LogP contribution in [0.5, 0.6) is 0 Å². The van der Waals surface area contributed by atoms with Crippen LogP contribution in [0.3, 0.4) is 0 Å². The number of aryl methyl sites for hydroxylation is 1. The van der Waals surface area contributed by atoms with E-state index in [0.29, 0.717) is 18.0 Å². The van der Waals surface area contributed by atoms with Crippen molar-refractivity contribution in [3.8, 4) is 0 Å². The van der Waals surface area contributed by atoms with E-state index in [1.165, 1.54) is 6.07 Å². The fourth-order valence-corrected chi connectivity index (χ4v) is 2.57. The monoisotopic (exact) mass is 312 g/mol. The molecule has 3 rings (SSSR count). The molecular formula is C17H20N4O2. The van der Waals surface area contributed by atoms with Gasteiger partial charge in [0.1, 0.15) is 17.2 Å². The summed E-state index contributed by atoms with van der Waals surface area (Å²) in [5, 5.41) is 3.25. The third-order valence-electron chi connectivity index (χ3n) is 3.86. The number of furan rings is 1. The zero-order valence-corrected chi connectivity index (χ0v) is 13.5. The lowest BCUT2D eigenvalue weighted by molar-refractivity contribution is 0.269. The second-order valence-electron chi connectivity index (χ2n) is 5.74. The standard InChI is InChI=1S/C17H20N4O2/c1-12-6-4-8-21-16(22)10-15(19-17(12)21)18-11-13(20(2)3)14-7-5-9-23-14/h4-10,13,18H,11H2,1-3H3. The first-order valence-electron chi connectivity index (χ1n) is 7.49. The highest BCUT2D eigenvalue weighted by atomic mass is 16.3. The van der Waals surface area contributed by atoms with Gasteiger partial charge in [0.25, 0.3) is 5.56 Å². The molecule has 0 fully saturated rings. The predicted octanol–water partition coefficient (Wildman–Crippen LogP) is 2.31. The molecule has 0 radical (unpaired) electrons. The van der Waals surface area contributed by atoms with Crippen LogP contribution in [-0.4, -0.2) is 34.9 Å². The number of anilines is 1. The maximum absolute atomic E-state index is 12.2. The van der Waals surface area contributed by atoms with Crippen LogP contribution >= 0.6 is 0 Å². The molecule has 1 unspecified atom stereocenters. The Hall–Kier alpha value is -2.60. The summed E-state index contributed by atoms with van der Waals surface area (Å²) >= 11 is 0. The summed E-state index contributed by atoms with van der Waals surface area (Å²) in [4.78, 5) is 18.8. The van der Waals surface area contributed by atoms with E-state index in [1.54, 1.807) is 16.9 Å². The highest BCUT2D eigenvalue weighted by molar-refractivity contribution is 5.51. The molecule has 6 nitrogen and oxygen atoms in total. The molecule has 6 heteroatoms. The van der Waals surface area contributed by atoms with E-state index < -0.39 is 0 Å². The second kappa shape index (κ2) is 6.26. The predicted molar refractivity (Wildman–Crippen MR) is 89.8 cm³/mol. The minimum absolute atomic E-state index is 0.0575. The van der Waals surface area contributed by atoms with Gasteiger partial charge in [-0.25, -0.2) is 4.98 Å². The fraction of sp³-hybridized carbons (Fsp3) is 0.294. The second-order valence-corrected chi connectivity index (χ2v) is 5.74. The molecule has 1 N–H and O–H groups in total. The van der Waals surface area contributed by atoms with Crippen LogP contribution in [0.25, 0.3) is 5.65 Å². The van der Waals surface area contributed by atoms with Crippen LogP contribution in [0.15, 0.2) is 52.0 Å². The van der Waals surface area contributed by atoms with E-state index in [9.17, 15) is 4.79 Å². The van der Waals surface area contributed by atoms with E-state index in [1.807, 2.05) is 45.3 Å². The zero-order chi connectivity index (χ0) is 16.4. The van der Waals surface area contributed by atoms with E-state index in [-0.39, 0.29) is 11.6 Å². The van der Waals surface area contributed by atoms with E-state index >= 15 is 0 Å². The van der Waals surface area contributed by atoms with Crippen molar-refractivity contribution in [2.45, 2.75) is 13.0 Å². The quantitative estimate of drug-likeness (QED) is 0.783. The Kier molecular flexibility index (Phi) is 4.16. The van der Waals surface area contributed by atoms with Crippen molar-refractivity contribution < 1.29 is 4.42 Å². The van der Waals surface area contributed by atoms with Gasteiger partial charge in [-0.1, -0.05) is 6.07 Å². The van der Waals surface area contributed by atoms with Crippen molar-refractivity contribution in [2.75, 3.05) is 26.0 Å². The van der Waals surface area contributed by atoms with E-state index in [4.69, 9.17) is 4.42 Å². The molecule has 3 aromatic rings. The summed E-state index contributed by atoms with van der Waals surface area (Å²) in [6.45, 7) is 2.53. The highest BCUT2D eigenvalue weighted by Gasteiger charge is 2.17. The average molecular weight is 312 g/mol. The highest BCUT2D eigenvalue weighted by Crippen LogP contribution is 2.19. The molecule has 0 spiro atoms. The van der Waals surface area contributed by atoms with Crippen molar-refractivity contribution in [3.63, 3.8) is 0 Å². The van der Waals surface area contributed by atoms with Crippen molar-refractivity contribution in [2.24, 2.45) is 0 Å². The van der Waals surface area contributed by atoms with Crippen LogP contribution in [0, 0.1) is 6.92 Å². The molecule has 23 heavy (non-hydrogen) atoms. The number of rotatable bonds is 5. The van der Waals surface area contributed by atoms with Crippen LogP contribution in [-0.2, 0) is 0 Å². The molecule has 0 amide bonds. The van der Waals surface area contributed by atoms with Gasteiger partial charge in [-0.3, -0.25) is 14.1 Å². The van der Waals surface area contributed by atoms with Crippen LogP contribution in [0.1, 0.15) is 17.4 Å². The molecule has 0 aliphatic rings. The SMILES string of the molecule is Cc1cccn2c(=O)cc(NCC(c3ccco3)N(C)C)nc12. The van der Waals surface area contributed by atoms with Crippen molar-refractivity contribution in [1.82, 2.24) is 14.3 Å². The summed E-state index contributed by atoms with van der Waals surface area (Å²) in [7, 11) is 3.98. The summed E-state index contributed by atoms with van der Waals surface area (Å²) in [6.07, 6.45) is 3.39. The lowest BCUT2D eigenvalue weighted by atomic mass is 10.2. The molecule has 120 valence electrons. The van der Waals surface area contributed by atoms with Crippen LogP contribution in [0.2, 0.25) is 0 Å². The molecule has 3 heterocycles. The van der Waals surface area contributed by atoms with Gasteiger partial charge in [-0.15, -0.1) is 0 Å². The van der Waals surface area contributed by atoms with Gasteiger partial charge < -0.3 is 9.73 Å². The van der Waals surface area contributed by atoms with Gasteiger partial charge in [0, 0.05) is 18.8 Å². The lowest BCUT2D eigenvalue weighted by Gasteiger charge is -2.22. The van der Waals surface area contributed by atoms with E-state index in [2.05, 4.69) is 15.2 Å². The van der Waals surface area contributed by atoms with Gasteiger partial charge in [0.05, 0.1) is 12.3 Å². The Balaban J connectivity index is 1.87. The number of nitrogens with zero attached hydrogens (tertiary/aromatic N) is 3. The normalized spacial score (nSPS) is 12.7. The van der Waals surface area contributed by atoms with Crippen molar-refractivity contribution in [1.29, 1.82) is 0 Å². The first-order valence-corrected chi connectivity index (χ1v) is 7.49. The number of pyridine rings is 1. The summed E-state index contributed by atoms with van der Waals surface area (Å²) in [5.74, 6) is 1.44. The zero-order valence-electron chi connectivity index (χ0n) is 13.5. The smallest absolute Gasteiger partial charge is 0.259 e. The van der Waals surface area contributed by atoms with Crippen molar-refractivity contribution in [3.05, 3.63) is 64.5 Å². The third kappa shape index (κ3) is 3.12. The van der Waals surface area contributed by atoms with Gasteiger partial charge in [-0.05, 0) is 44.8 Å². The Morgan fingerprint density at radius 3 is 2.87 bits per heavy atom. The fourth-order valence-electron chi connectivity index (χ4n) is 2.57. The molecule has 1 atom stereocenters. The van der Waals surface area contributed by atoms with Crippen molar-refractivity contribution >= 4 is 11.5 Å². The first-order chi connectivity index (χ1) is 11.1. The number of aromatic nitrogens is 2. The van der Waals surface area contributed by atoms with Crippen LogP contribution < -0.4 is 10.9 Å². The van der Waals surface area contributed by atoms with Gasteiger partial charge in [0.2, 0.25) is 0 Å². The molecule has 0 aliphatic carbocycles. The van der Waals surface area contributed by atoms with Gasteiger partial charge in [-0.2, -0.15) is 0 Å². The van der Waals surface area contributed by atoms with Gasteiger partial charge in [0.15, 0.2) is 0 Å². The maximum Gasteiger partial charge on any atom is 0.259 e. The molecular weight excluding hydrogens is 292 g/mol. The Labute approximate surface area is 134 Å². The van der Waals surface area contributed by atoms with Gasteiger partial charge >= 0.3 is 0 Å². The maximum atomic E-state index is 12.2. The number of fused-ring (bicyclic) bond motifs is 1. The minimum atomic E-state index is -0.0967. The molecule has 0 bridgehead atoms. The molecule has 0 saturated carbocycles.